The topological polar surface area (TPSA) is 48.4 Å². The number of thiophene rings is 1. The molecular formula is C13H16ClNO2S. The molecule has 0 saturated carbocycles. The van der Waals surface area contributed by atoms with Gasteiger partial charge in [0.2, 0.25) is 0 Å². The third kappa shape index (κ3) is 3.36. The van der Waals surface area contributed by atoms with Crippen molar-refractivity contribution in [1.82, 2.24) is 0 Å². The van der Waals surface area contributed by atoms with E-state index in [4.69, 9.17) is 26.5 Å². The number of hydrogen-bond acceptors (Lipinski definition) is 4. The van der Waals surface area contributed by atoms with Crippen molar-refractivity contribution in [3.8, 4) is 0 Å². The molecule has 5 heteroatoms. The van der Waals surface area contributed by atoms with Crippen LogP contribution in [0.3, 0.4) is 0 Å². The standard InChI is InChI=1S/C13H16ClNO2S/c1-2-10(15)13(11-5-6-12(14)18-11)17-8-9-4-3-7-16-9/h3-7,10,13H,2,8,15H2,1H3. The Labute approximate surface area is 116 Å². The van der Waals surface area contributed by atoms with E-state index in [9.17, 15) is 0 Å². The van der Waals surface area contributed by atoms with Gasteiger partial charge in [-0.25, -0.2) is 0 Å². The van der Waals surface area contributed by atoms with E-state index in [1.54, 1.807) is 6.26 Å². The lowest BCUT2D eigenvalue weighted by Crippen LogP contribution is -2.28. The molecule has 2 aromatic rings. The lowest BCUT2D eigenvalue weighted by molar-refractivity contribution is 0.0149. The molecule has 3 nitrogen and oxygen atoms in total. The molecule has 0 spiro atoms. The predicted octanol–water partition coefficient (Wildman–Crippen LogP) is 3.99. The van der Waals surface area contributed by atoms with Crippen molar-refractivity contribution in [3.05, 3.63) is 45.5 Å². The van der Waals surface area contributed by atoms with E-state index < -0.39 is 0 Å². The molecule has 0 saturated heterocycles. The maximum absolute atomic E-state index is 6.11. The molecule has 98 valence electrons. The summed E-state index contributed by atoms with van der Waals surface area (Å²) in [6.07, 6.45) is 2.34. The van der Waals surface area contributed by atoms with Gasteiger partial charge >= 0.3 is 0 Å². The zero-order valence-electron chi connectivity index (χ0n) is 10.1. The zero-order chi connectivity index (χ0) is 13.0. The van der Waals surface area contributed by atoms with Gasteiger partial charge in [-0.05, 0) is 30.7 Å². The van der Waals surface area contributed by atoms with Crippen LogP contribution in [0.5, 0.6) is 0 Å². The van der Waals surface area contributed by atoms with E-state index in [2.05, 4.69) is 0 Å². The molecule has 0 amide bonds. The first-order chi connectivity index (χ1) is 8.70. The molecule has 2 atom stereocenters. The second kappa shape index (κ2) is 6.38. The van der Waals surface area contributed by atoms with Gasteiger partial charge in [-0.2, -0.15) is 0 Å². The minimum atomic E-state index is -0.141. The van der Waals surface area contributed by atoms with E-state index in [1.807, 2.05) is 31.2 Å². The number of ether oxygens (including phenoxy) is 1. The van der Waals surface area contributed by atoms with Gasteiger partial charge in [-0.1, -0.05) is 18.5 Å². The number of halogens is 1. The Bertz CT molecular complexity index is 469. The molecule has 2 unspecified atom stereocenters. The van der Waals surface area contributed by atoms with Crippen molar-refractivity contribution in [3.63, 3.8) is 0 Å². The molecular weight excluding hydrogens is 270 g/mol. The van der Waals surface area contributed by atoms with Gasteiger partial charge in [0.1, 0.15) is 18.5 Å². The molecule has 0 aliphatic heterocycles. The summed E-state index contributed by atoms with van der Waals surface area (Å²) >= 11 is 7.46. The van der Waals surface area contributed by atoms with Crippen molar-refractivity contribution in [2.24, 2.45) is 5.73 Å². The third-order valence-electron chi connectivity index (χ3n) is 2.72. The SMILES string of the molecule is CCC(N)C(OCc1ccco1)c1ccc(Cl)s1. The van der Waals surface area contributed by atoms with E-state index in [0.29, 0.717) is 6.61 Å². The highest BCUT2D eigenvalue weighted by Crippen LogP contribution is 2.32. The molecule has 2 heterocycles. The van der Waals surface area contributed by atoms with Crippen molar-refractivity contribution in [2.45, 2.75) is 32.1 Å². The summed E-state index contributed by atoms with van der Waals surface area (Å²) in [5.74, 6) is 0.797. The van der Waals surface area contributed by atoms with Gasteiger partial charge in [-0.15, -0.1) is 11.3 Å². The Hall–Kier alpha value is -0.810. The summed E-state index contributed by atoms with van der Waals surface area (Å²) in [6, 6.07) is 7.52. The van der Waals surface area contributed by atoms with Gasteiger partial charge in [0.25, 0.3) is 0 Å². The highest BCUT2D eigenvalue weighted by Gasteiger charge is 2.21. The monoisotopic (exact) mass is 285 g/mol. The molecule has 0 aliphatic carbocycles. The zero-order valence-corrected chi connectivity index (χ0v) is 11.7. The summed E-state index contributed by atoms with van der Waals surface area (Å²) in [5.41, 5.74) is 6.11. The van der Waals surface area contributed by atoms with Crippen LogP contribution in [0.1, 0.15) is 30.1 Å². The Morgan fingerprint density at radius 3 is 2.83 bits per heavy atom. The van der Waals surface area contributed by atoms with Crippen LogP contribution in [0, 0.1) is 0 Å². The number of nitrogens with two attached hydrogens (primary N) is 1. The lowest BCUT2D eigenvalue weighted by Gasteiger charge is -2.21. The van der Waals surface area contributed by atoms with Gasteiger partial charge in [0, 0.05) is 10.9 Å². The van der Waals surface area contributed by atoms with Crippen LogP contribution in [0.25, 0.3) is 0 Å². The van der Waals surface area contributed by atoms with Gasteiger partial charge in [0.05, 0.1) is 10.6 Å². The van der Waals surface area contributed by atoms with Crippen molar-refractivity contribution < 1.29 is 9.15 Å². The van der Waals surface area contributed by atoms with Crippen LogP contribution in [0.2, 0.25) is 4.34 Å². The fraction of sp³-hybridized carbons (Fsp3) is 0.385. The first kappa shape index (κ1) is 13.6. The van der Waals surface area contributed by atoms with Crippen LogP contribution in [0.4, 0.5) is 0 Å². The van der Waals surface area contributed by atoms with E-state index in [1.165, 1.54) is 11.3 Å². The number of rotatable bonds is 6. The van der Waals surface area contributed by atoms with Crippen LogP contribution in [0.15, 0.2) is 34.9 Å². The van der Waals surface area contributed by atoms with Crippen LogP contribution in [-0.4, -0.2) is 6.04 Å². The first-order valence-electron chi connectivity index (χ1n) is 5.85. The summed E-state index contributed by atoms with van der Waals surface area (Å²) in [7, 11) is 0. The third-order valence-corrected chi connectivity index (χ3v) is 4.01. The minimum absolute atomic E-state index is 0.0466. The quantitative estimate of drug-likeness (QED) is 0.873. The first-order valence-corrected chi connectivity index (χ1v) is 7.05. The number of furan rings is 1. The molecule has 18 heavy (non-hydrogen) atoms. The van der Waals surface area contributed by atoms with E-state index in [0.717, 1.165) is 21.4 Å². The normalized spacial score (nSPS) is 14.6. The minimum Gasteiger partial charge on any atom is -0.467 e. The van der Waals surface area contributed by atoms with E-state index >= 15 is 0 Å². The summed E-state index contributed by atoms with van der Waals surface area (Å²) < 4.78 is 11.9. The maximum atomic E-state index is 6.11. The van der Waals surface area contributed by atoms with Crippen LogP contribution in [-0.2, 0) is 11.3 Å². The van der Waals surface area contributed by atoms with E-state index in [-0.39, 0.29) is 12.1 Å². The Kier molecular flexibility index (Phi) is 4.83. The largest absolute Gasteiger partial charge is 0.467 e. The highest BCUT2D eigenvalue weighted by atomic mass is 35.5. The fourth-order valence-corrected chi connectivity index (χ4v) is 2.87. The predicted molar refractivity (Wildman–Crippen MR) is 73.8 cm³/mol. The molecule has 0 bridgehead atoms. The second-order valence-corrected chi connectivity index (χ2v) is 5.77. The fourth-order valence-electron chi connectivity index (χ4n) is 1.68. The Balaban J connectivity index is 2.05. The van der Waals surface area contributed by atoms with Crippen molar-refractivity contribution in [2.75, 3.05) is 0 Å². The smallest absolute Gasteiger partial charge is 0.129 e. The summed E-state index contributed by atoms with van der Waals surface area (Å²) in [4.78, 5) is 1.06. The Morgan fingerprint density at radius 1 is 1.44 bits per heavy atom. The molecule has 0 aliphatic rings. The second-order valence-electron chi connectivity index (χ2n) is 4.02. The molecule has 0 radical (unpaired) electrons. The average Bonchev–Trinajstić information content (AvgIpc) is 3.01. The molecule has 0 fully saturated rings. The highest BCUT2D eigenvalue weighted by molar-refractivity contribution is 7.16. The number of hydrogen-bond donors (Lipinski definition) is 1. The van der Waals surface area contributed by atoms with Crippen molar-refractivity contribution >= 4 is 22.9 Å². The average molecular weight is 286 g/mol. The molecule has 2 N–H and O–H groups in total. The summed E-state index contributed by atoms with van der Waals surface area (Å²) in [6.45, 7) is 2.46. The van der Waals surface area contributed by atoms with Gasteiger partial charge in [0.15, 0.2) is 0 Å². The lowest BCUT2D eigenvalue weighted by atomic mass is 10.1. The van der Waals surface area contributed by atoms with Crippen molar-refractivity contribution in [1.29, 1.82) is 0 Å². The van der Waals surface area contributed by atoms with Gasteiger partial charge in [-0.3, -0.25) is 0 Å². The summed E-state index contributed by atoms with van der Waals surface area (Å²) in [5, 5.41) is 0. The maximum Gasteiger partial charge on any atom is 0.129 e. The van der Waals surface area contributed by atoms with Gasteiger partial charge < -0.3 is 14.9 Å². The van der Waals surface area contributed by atoms with Crippen LogP contribution < -0.4 is 5.73 Å². The Morgan fingerprint density at radius 2 is 2.28 bits per heavy atom. The molecule has 2 aromatic heterocycles. The molecule has 0 aromatic carbocycles. The van der Waals surface area contributed by atoms with Crippen LogP contribution >= 0.6 is 22.9 Å². The molecule has 2 rings (SSSR count).